The van der Waals surface area contributed by atoms with Gasteiger partial charge in [-0.3, -0.25) is 0 Å². The van der Waals surface area contributed by atoms with Crippen LogP contribution in [0.2, 0.25) is 0 Å². The van der Waals surface area contributed by atoms with Crippen LogP contribution in [0, 0.1) is 0 Å². The summed E-state index contributed by atoms with van der Waals surface area (Å²) in [6.07, 6.45) is -0.232. The summed E-state index contributed by atoms with van der Waals surface area (Å²) in [7, 11) is -3.59. The number of halogens is 1. The Hall–Kier alpha value is -0.630. The number of sulfonamides is 1. The highest BCUT2D eigenvalue weighted by Crippen LogP contribution is 2.31. The Labute approximate surface area is 134 Å². The molecule has 5 nitrogen and oxygen atoms in total. The maximum atomic E-state index is 12.9. The third kappa shape index (κ3) is 3.77. The molecule has 0 N–H and O–H groups in total. The van der Waals surface area contributed by atoms with E-state index in [2.05, 4.69) is 15.9 Å². The largest absolute Gasteiger partial charge is 0.492 e. The van der Waals surface area contributed by atoms with E-state index in [1.165, 1.54) is 4.31 Å². The molecular weight excluding hydrogens is 358 g/mol. The van der Waals surface area contributed by atoms with Crippen LogP contribution in [0.25, 0.3) is 0 Å². The first kappa shape index (κ1) is 16.7. The van der Waals surface area contributed by atoms with Crippen molar-refractivity contribution in [3.05, 3.63) is 22.7 Å². The van der Waals surface area contributed by atoms with Crippen molar-refractivity contribution in [3.8, 4) is 5.75 Å². The molecule has 1 aliphatic heterocycles. The molecule has 118 valence electrons. The van der Waals surface area contributed by atoms with Crippen molar-refractivity contribution in [1.82, 2.24) is 4.31 Å². The molecular formula is C14H20BrNO4S. The van der Waals surface area contributed by atoms with Gasteiger partial charge < -0.3 is 9.47 Å². The molecule has 21 heavy (non-hydrogen) atoms. The molecule has 1 aromatic carbocycles. The molecule has 0 aliphatic carbocycles. The molecule has 0 spiro atoms. The normalized spacial score (nSPS) is 24.0. The van der Waals surface area contributed by atoms with Gasteiger partial charge in [0.05, 0.1) is 18.8 Å². The van der Waals surface area contributed by atoms with Gasteiger partial charge in [-0.15, -0.1) is 0 Å². The number of ether oxygens (including phenoxy) is 2. The highest BCUT2D eigenvalue weighted by atomic mass is 79.9. The molecule has 0 amide bonds. The first-order valence-electron chi connectivity index (χ1n) is 6.92. The second-order valence-corrected chi connectivity index (χ2v) is 7.93. The van der Waals surface area contributed by atoms with Crippen molar-refractivity contribution >= 4 is 26.0 Å². The van der Waals surface area contributed by atoms with E-state index in [4.69, 9.17) is 9.47 Å². The van der Waals surface area contributed by atoms with Gasteiger partial charge in [0.2, 0.25) is 10.0 Å². The molecule has 2 atom stereocenters. The maximum absolute atomic E-state index is 12.9. The Kier molecular flexibility index (Phi) is 5.29. The van der Waals surface area contributed by atoms with E-state index < -0.39 is 10.0 Å². The molecule has 1 saturated heterocycles. The monoisotopic (exact) mass is 377 g/mol. The summed E-state index contributed by atoms with van der Waals surface area (Å²) >= 11 is 3.34. The quantitative estimate of drug-likeness (QED) is 0.809. The lowest BCUT2D eigenvalue weighted by atomic mass is 10.3. The SMILES string of the molecule is CCOc1cc(Br)ccc1S(=O)(=O)N1CC(C)OC(C)C1. The summed E-state index contributed by atoms with van der Waals surface area (Å²) in [6, 6.07) is 4.97. The third-order valence-electron chi connectivity index (χ3n) is 3.21. The van der Waals surface area contributed by atoms with Crippen molar-refractivity contribution in [2.45, 2.75) is 37.9 Å². The van der Waals surface area contributed by atoms with Crippen molar-refractivity contribution in [2.75, 3.05) is 19.7 Å². The van der Waals surface area contributed by atoms with Crippen LogP contribution < -0.4 is 4.74 Å². The second-order valence-electron chi connectivity index (χ2n) is 5.10. The van der Waals surface area contributed by atoms with E-state index in [0.29, 0.717) is 25.4 Å². The number of hydrogen-bond acceptors (Lipinski definition) is 4. The van der Waals surface area contributed by atoms with Gasteiger partial charge in [0, 0.05) is 17.6 Å². The van der Waals surface area contributed by atoms with E-state index in [1.54, 1.807) is 18.2 Å². The lowest BCUT2D eigenvalue weighted by Crippen LogP contribution is -2.48. The van der Waals surface area contributed by atoms with E-state index >= 15 is 0 Å². The van der Waals surface area contributed by atoms with Gasteiger partial charge in [-0.05, 0) is 39.0 Å². The highest BCUT2D eigenvalue weighted by molar-refractivity contribution is 9.10. The third-order valence-corrected chi connectivity index (χ3v) is 5.57. The molecule has 1 heterocycles. The summed E-state index contributed by atoms with van der Waals surface area (Å²) in [6.45, 7) is 6.71. The van der Waals surface area contributed by atoms with E-state index in [1.807, 2.05) is 20.8 Å². The van der Waals surface area contributed by atoms with E-state index in [-0.39, 0.29) is 17.1 Å². The van der Waals surface area contributed by atoms with Crippen molar-refractivity contribution in [1.29, 1.82) is 0 Å². The molecule has 7 heteroatoms. The lowest BCUT2D eigenvalue weighted by Gasteiger charge is -2.34. The Morgan fingerprint density at radius 3 is 2.52 bits per heavy atom. The van der Waals surface area contributed by atoms with Gasteiger partial charge in [-0.1, -0.05) is 15.9 Å². The zero-order valence-corrected chi connectivity index (χ0v) is 14.8. The fourth-order valence-corrected chi connectivity index (χ4v) is 4.47. The molecule has 1 aliphatic rings. The van der Waals surface area contributed by atoms with Gasteiger partial charge in [-0.2, -0.15) is 4.31 Å². The van der Waals surface area contributed by atoms with Crippen LogP contribution in [0.1, 0.15) is 20.8 Å². The minimum atomic E-state index is -3.59. The average molecular weight is 378 g/mol. The number of nitrogens with zero attached hydrogens (tertiary/aromatic N) is 1. The average Bonchev–Trinajstić information content (AvgIpc) is 2.37. The van der Waals surface area contributed by atoms with Gasteiger partial charge in [0.1, 0.15) is 10.6 Å². The van der Waals surface area contributed by atoms with Crippen molar-refractivity contribution in [3.63, 3.8) is 0 Å². The topological polar surface area (TPSA) is 55.8 Å². The zero-order valence-electron chi connectivity index (χ0n) is 12.4. The van der Waals surface area contributed by atoms with Crippen molar-refractivity contribution < 1.29 is 17.9 Å². The van der Waals surface area contributed by atoms with Crippen LogP contribution in [0.15, 0.2) is 27.6 Å². The first-order valence-corrected chi connectivity index (χ1v) is 9.16. The van der Waals surface area contributed by atoms with Crippen LogP contribution in [-0.4, -0.2) is 44.6 Å². The molecule has 2 unspecified atom stereocenters. The number of hydrogen-bond donors (Lipinski definition) is 0. The van der Waals surface area contributed by atoms with Crippen LogP contribution in [0.5, 0.6) is 5.75 Å². The van der Waals surface area contributed by atoms with Crippen LogP contribution in [0.3, 0.4) is 0 Å². The molecule has 0 aromatic heterocycles. The predicted octanol–water partition coefficient (Wildman–Crippen LogP) is 2.65. The number of morpholine rings is 1. The molecule has 1 fully saturated rings. The van der Waals surface area contributed by atoms with E-state index in [9.17, 15) is 8.42 Å². The highest BCUT2D eigenvalue weighted by Gasteiger charge is 2.34. The molecule has 0 saturated carbocycles. The zero-order chi connectivity index (χ0) is 15.6. The van der Waals surface area contributed by atoms with Gasteiger partial charge in [-0.25, -0.2) is 8.42 Å². The summed E-state index contributed by atoms with van der Waals surface area (Å²) in [5.74, 6) is 0.374. The van der Waals surface area contributed by atoms with Gasteiger partial charge in [0.25, 0.3) is 0 Å². The Balaban J connectivity index is 2.39. The Morgan fingerprint density at radius 2 is 1.95 bits per heavy atom. The van der Waals surface area contributed by atoms with Gasteiger partial charge in [0.15, 0.2) is 0 Å². The number of benzene rings is 1. The predicted molar refractivity (Wildman–Crippen MR) is 84.1 cm³/mol. The van der Waals surface area contributed by atoms with Crippen LogP contribution in [-0.2, 0) is 14.8 Å². The summed E-state index contributed by atoms with van der Waals surface area (Å²) < 4.78 is 39.1. The molecule has 0 radical (unpaired) electrons. The minimum absolute atomic E-state index is 0.116. The summed E-state index contributed by atoms with van der Waals surface area (Å²) in [5, 5.41) is 0. The Bertz CT molecular complexity index is 595. The minimum Gasteiger partial charge on any atom is -0.492 e. The summed E-state index contributed by atoms with van der Waals surface area (Å²) in [5.41, 5.74) is 0. The second kappa shape index (κ2) is 6.64. The molecule has 1 aromatic rings. The fourth-order valence-electron chi connectivity index (χ4n) is 2.43. The molecule has 0 bridgehead atoms. The maximum Gasteiger partial charge on any atom is 0.246 e. The Morgan fingerprint density at radius 1 is 1.33 bits per heavy atom. The smallest absolute Gasteiger partial charge is 0.246 e. The van der Waals surface area contributed by atoms with Gasteiger partial charge >= 0.3 is 0 Å². The standard InChI is InChI=1S/C14H20BrNO4S/c1-4-19-13-7-12(15)5-6-14(13)21(17,18)16-8-10(2)20-11(3)9-16/h5-7,10-11H,4,8-9H2,1-3H3. The van der Waals surface area contributed by atoms with Crippen LogP contribution >= 0.6 is 15.9 Å². The summed E-state index contributed by atoms with van der Waals surface area (Å²) in [4.78, 5) is 0.203. The van der Waals surface area contributed by atoms with Crippen molar-refractivity contribution in [2.24, 2.45) is 0 Å². The molecule has 2 rings (SSSR count). The fraction of sp³-hybridized carbons (Fsp3) is 0.571. The first-order chi connectivity index (χ1) is 9.84. The van der Waals surface area contributed by atoms with Crippen LogP contribution in [0.4, 0.5) is 0 Å². The van der Waals surface area contributed by atoms with E-state index in [0.717, 1.165) is 4.47 Å². The lowest BCUT2D eigenvalue weighted by molar-refractivity contribution is -0.0441. The number of rotatable bonds is 4.